The Balaban J connectivity index is 2.08. The Hall–Kier alpha value is -3.23. The fraction of sp³-hybridized carbons (Fsp3) is 0.214. The van der Waals surface area contributed by atoms with Gasteiger partial charge in [-0.15, -0.1) is 10.2 Å². The normalized spacial score (nSPS) is 15.7. The summed E-state index contributed by atoms with van der Waals surface area (Å²) in [7, 11) is 0. The summed E-state index contributed by atoms with van der Waals surface area (Å²) in [6.45, 7) is 2.37. The molecule has 0 aliphatic carbocycles. The molecule has 2 heterocycles. The van der Waals surface area contributed by atoms with Crippen molar-refractivity contribution in [1.29, 1.82) is 0 Å². The number of amides is 1. The summed E-state index contributed by atoms with van der Waals surface area (Å²) >= 11 is 0. The van der Waals surface area contributed by atoms with Crippen molar-refractivity contribution in [2.75, 3.05) is 6.61 Å². The third-order valence-electron chi connectivity index (χ3n) is 3.05. The molecular weight excluding hydrogens is 302 g/mol. The molecule has 0 aromatic heterocycles. The molecule has 0 spiro atoms. The van der Waals surface area contributed by atoms with Gasteiger partial charge in [0.15, 0.2) is 5.84 Å². The number of carboxylic acids is 1. The molecule has 0 atom stereocenters. The van der Waals surface area contributed by atoms with Crippen LogP contribution in [0.4, 0.5) is 0 Å². The number of carboxylic acid groups (broad SMARTS) is 1. The Morgan fingerprint density at radius 2 is 2.09 bits per heavy atom. The van der Waals surface area contributed by atoms with Crippen molar-refractivity contribution in [3.8, 4) is 5.75 Å². The lowest BCUT2D eigenvalue weighted by Crippen LogP contribution is -2.26. The van der Waals surface area contributed by atoms with Gasteiger partial charge < -0.3 is 9.84 Å². The number of fused-ring (bicyclic) bond motifs is 1. The summed E-state index contributed by atoms with van der Waals surface area (Å²) in [6, 6.07) is 4.29. The highest BCUT2D eigenvalue weighted by Crippen LogP contribution is 2.24. The van der Waals surface area contributed by atoms with Gasteiger partial charge in [0.25, 0.3) is 0 Å². The van der Waals surface area contributed by atoms with E-state index < -0.39 is 11.9 Å². The number of carbonyl (C=O) groups is 2. The number of rotatable bonds is 5. The maximum Gasteiger partial charge on any atom is 0.335 e. The second-order valence-electron chi connectivity index (χ2n) is 4.68. The molecule has 0 bridgehead atoms. The van der Waals surface area contributed by atoms with Gasteiger partial charge in [-0.3, -0.25) is 4.79 Å². The van der Waals surface area contributed by atoms with Gasteiger partial charge in [0.2, 0.25) is 11.5 Å². The number of aromatic carboxylic acids is 1. The summed E-state index contributed by atoms with van der Waals surface area (Å²) < 4.78 is 5.58. The minimum atomic E-state index is -1.11. The minimum Gasteiger partial charge on any atom is -0.493 e. The van der Waals surface area contributed by atoms with E-state index in [-0.39, 0.29) is 22.9 Å². The van der Waals surface area contributed by atoms with Crippen LogP contribution in [0, 0.1) is 0 Å². The van der Waals surface area contributed by atoms with Crippen molar-refractivity contribution in [2.45, 2.75) is 13.3 Å². The van der Waals surface area contributed by atoms with Crippen LogP contribution in [0.15, 0.2) is 43.6 Å². The molecule has 23 heavy (non-hydrogen) atoms. The third-order valence-corrected chi connectivity index (χ3v) is 3.05. The van der Waals surface area contributed by atoms with Crippen molar-refractivity contribution >= 4 is 29.3 Å². The Morgan fingerprint density at radius 1 is 1.26 bits per heavy atom. The van der Waals surface area contributed by atoms with Crippen LogP contribution in [0.2, 0.25) is 0 Å². The van der Waals surface area contributed by atoms with Gasteiger partial charge in [0, 0.05) is 0 Å². The lowest BCUT2D eigenvalue weighted by atomic mass is 10.1. The number of aliphatic imine (C=N–C) groups is 2. The molecule has 3 rings (SSSR count). The number of carbonyl (C=O) groups excluding carboxylic acids is 1. The topological polar surface area (TPSA) is 125 Å². The van der Waals surface area contributed by atoms with Crippen LogP contribution in [0.5, 0.6) is 5.75 Å². The summed E-state index contributed by atoms with van der Waals surface area (Å²) in [4.78, 5) is 31.0. The average molecular weight is 313 g/mol. The lowest BCUT2D eigenvalue weighted by molar-refractivity contribution is -0.111. The predicted molar refractivity (Wildman–Crippen MR) is 80.5 cm³/mol. The van der Waals surface area contributed by atoms with Crippen LogP contribution in [-0.4, -0.2) is 41.0 Å². The maximum atomic E-state index is 11.9. The van der Waals surface area contributed by atoms with Gasteiger partial charge in [0.05, 0.1) is 17.7 Å². The Kier molecular flexibility index (Phi) is 3.75. The molecular formula is C14H11N5O4. The SMILES string of the molecule is CCCOc1ccc(C(=O)O)cc1C1=NC(=O)C2=NN=NC2=N1. The second-order valence-corrected chi connectivity index (χ2v) is 4.68. The largest absolute Gasteiger partial charge is 0.493 e. The van der Waals surface area contributed by atoms with Crippen LogP contribution in [0.1, 0.15) is 29.3 Å². The molecule has 0 unspecified atom stereocenters. The highest BCUT2D eigenvalue weighted by Gasteiger charge is 2.29. The summed E-state index contributed by atoms with van der Waals surface area (Å²) in [5, 5.41) is 19.7. The molecule has 0 saturated carbocycles. The van der Waals surface area contributed by atoms with Crippen LogP contribution < -0.4 is 4.74 Å². The van der Waals surface area contributed by atoms with Crippen LogP contribution in [-0.2, 0) is 4.79 Å². The van der Waals surface area contributed by atoms with Gasteiger partial charge in [0.1, 0.15) is 5.75 Å². The first-order valence-corrected chi connectivity index (χ1v) is 6.81. The molecule has 9 heteroatoms. The van der Waals surface area contributed by atoms with Crippen molar-refractivity contribution in [3.63, 3.8) is 0 Å². The fourth-order valence-electron chi connectivity index (χ4n) is 1.99. The summed E-state index contributed by atoms with van der Waals surface area (Å²) in [5.74, 6) is -1.26. The van der Waals surface area contributed by atoms with Gasteiger partial charge in [-0.1, -0.05) is 6.92 Å². The standard InChI is InChI=1S/C14H11N5O4/c1-2-5-23-9-4-3-7(14(21)22)6-8(9)11-15-12-10(13(20)16-11)17-19-18-12/h3-4,6H,2,5H2,1H3,(H,21,22). The first-order valence-electron chi connectivity index (χ1n) is 6.81. The van der Waals surface area contributed by atoms with Gasteiger partial charge in [-0.2, -0.15) is 4.99 Å². The molecule has 1 aromatic carbocycles. The molecule has 9 nitrogen and oxygen atoms in total. The van der Waals surface area contributed by atoms with E-state index >= 15 is 0 Å². The second kappa shape index (κ2) is 5.87. The highest BCUT2D eigenvalue weighted by molar-refractivity contribution is 6.69. The molecule has 0 saturated heterocycles. The number of benzene rings is 1. The van der Waals surface area contributed by atoms with E-state index in [0.29, 0.717) is 17.9 Å². The zero-order valence-electron chi connectivity index (χ0n) is 12.1. The van der Waals surface area contributed by atoms with Crippen molar-refractivity contribution in [2.24, 2.45) is 25.4 Å². The van der Waals surface area contributed by atoms with Crippen molar-refractivity contribution in [1.82, 2.24) is 0 Å². The molecule has 1 aromatic rings. The first kappa shape index (κ1) is 14.7. The van der Waals surface area contributed by atoms with Crippen molar-refractivity contribution in [3.05, 3.63) is 29.3 Å². The van der Waals surface area contributed by atoms with E-state index in [4.69, 9.17) is 9.84 Å². The zero-order chi connectivity index (χ0) is 16.4. The molecule has 2 aliphatic rings. The van der Waals surface area contributed by atoms with E-state index in [2.05, 4.69) is 25.4 Å². The number of nitrogens with zero attached hydrogens (tertiary/aromatic N) is 5. The Labute approximate surface area is 130 Å². The van der Waals surface area contributed by atoms with Crippen LogP contribution >= 0.6 is 0 Å². The zero-order valence-corrected chi connectivity index (χ0v) is 12.1. The Bertz CT molecular complexity index is 822. The summed E-state index contributed by atoms with van der Waals surface area (Å²) in [5.41, 5.74) is 0.311. The van der Waals surface area contributed by atoms with Gasteiger partial charge >= 0.3 is 11.9 Å². The molecule has 0 fully saturated rings. The third kappa shape index (κ3) is 2.76. The fourth-order valence-corrected chi connectivity index (χ4v) is 1.99. The number of amidine groups is 2. The van der Waals surface area contributed by atoms with Crippen LogP contribution in [0.3, 0.4) is 0 Å². The minimum absolute atomic E-state index is 0.0269. The van der Waals surface area contributed by atoms with E-state index in [0.717, 1.165) is 6.42 Å². The lowest BCUT2D eigenvalue weighted by Gasteiger charge is -2.13. The molecule has 0 radical (unpaired) electrons. The highest BCUT2D eigenvalue weighted by atomic mass is 16.5. The molecule has 1 N–H and O–H groups in total. The average Bonchev–Trinajstić information content (AvgIpc) is 3.01. The summed E-state index contributed by atoms with van der Waals surface area (Å²) in [6.07, 6.45) is 0.769. The van der Waals surface area contributed by atoms with Crippen molar-refractivity contribution < 1.29 is 19.4 Å². The molecule has 1 amide bonds. The Morgan fingerprint density at radius 3 is 2.83 bits per heavy atom. The van der Waals surface area contributed by atoms with Gasteiger partial charge in [-0.05, 0) is 29.8 Å². The first-order chi connectivity index (χ1) is 11.1. The van der Waals surface area contributed by atoms with E-state index in [9.17, 15) is 9.59 Å². The number of hydrogen-bond donors (Lipinski definition) is 1. The quantitative estimate of drug-likeness (QED) is 0.887. The number of ether oxygens (including phenoxy) is 1. The monoisotopic (exact) mass is 313 g/mol. The van der Waals surface area contributed by atoms with Gasteiger partial charge in [-0.25, -0.2) is 9.79 Å². The van der Waals surface area contributed by atoms with E-state index in [1.807, 2.05) is 6.92 Å². The maximum absolute atomic E-state index is 11.9. The molecule has 116 valence electrons. The molecule has 2 aliphatic heterocycles. The van der Waals surface area contributed by atoms with E-state index in [1.165, 1.54) is 18.2 Å². The number of hydrogen-bond acceptors (Lipinski definition) is 7. The van der Waals surface area contributed by atoms with E-state index in [1.54, 1.807) is 0 Å². The predicted octanol–water partition coefficient (Wildman–Crippen LogP) is 1.68. The van der Waals surface area contributed by atoms with Crippen LogP contribution in [0.25, 0.3) is 0 Å². The smallest absolute Gasteiger partial charge is 0.335 e.